The standard InChI is InChI=1S/C18H25NO4/c1-13(20)14-4-6-16(7-5-14)22-12-17(21)23-18(2,3)15-8-10-19-11-9-15/h4-7,15,19H,8-12H2,1-3H3/p+1. The van der Waals surface area contributed by atoms with Crippen molar-refractivity contribution >= 4 is 11.8 Å². The summed E-state index contributed by atoms with van der Waals surface area (Å²) >= 11 is 0. The van der Waals surface area contributed by atoms with Crippen molar-refractivity contribution in [1.82, 2.24) is 0 Å². The number of quaternary nitrogens is 1. The van der Waals surface area contributed by atoms with Crippen LogP contribution >= 0.6 is 0 Å². The number of Topliss-reactive ketones (excluding diaryl/α,β-unsaturated/α-hetero) is 1. The third kappa shape index (κ3) is 5.06. The number of nitrogens with two attached hydrogens (primary N) is 1. The van der Waals surface area contributed by atoms with Crippen molar-refractivity contribution in [2.75, 3.05) is 19.7 Å². The molecule has 1 aliphatic heterocycles. The maximum absolute atomic E-state index is 12.0. The second-order valence-corrected chi connectivity index (χ2v) is 6.59. The summed E-state index contributed by atoms with van der Waals surface area (Å²) in [6, 6.07) is 6.75. The van der Waals surface area contributed by atoms with Gasteiger partial charge in [-0.3, -0.25) is 4.79 Å². The molecule has 0 unspecified atom stereocenters. The fourth-order valence-electron chi connectivity index (χ4n) is 2.96. The van der Waals surface area contributed by atoms with Crippen molar-refractivity contribution in [3.05, 3.63) is 29.8 Å². The number of benzene rings is 1. The maximum atomic E-state index is 12.0. The lowest BCUT2D eigenvalue weighted by molar-refractivity contribution is -0.665. The Morgan fingerprint density at radius 2 is 1.78 bits per heavy atom. The van der Waals surface area contributed by atoms with E-state index in [0.717, 1.165) is 25.9 Å². The van der Waals surface area contributed by atoms with E-state index in [0.29, 0.717) is 17.2 Å². The Labute approximate surface area is 137 Å². The first kappa shape index (κ1) is 17.5. The Kier molecular flexibility index (Phi) is 5.77. The summed E-state index contributed by atoms with van der Waals surface area (Å²) in [7, 11) is 0. The van der Waals surface area contributed by atoms with Gasteiger partial charge in [-0.1, -0.05) is 0 Å². The third-order valence-corrected chi connectivity index (χ3v) is 4.42. The molecule has 5 nitrogen and oxygen atoms in total. The molecule has 1 aromatic carbocycles. The van der Waals surface area contributed by atoms with E-state index in [-0.39, 0.29) is 18.4 Å². The van der Waals surface area contributed by atoms with E-state index < -0.39 is 5.60 Å². The van der Waals surface area contributed by atoms with Crippen LogP contribution in [0.15, 0.2) is 24.3 Å². The van der Waals surface area contributed by atoms with Gasteiger partial charge in [-0.25, -0.2) is 4.79 Å². The highest BCUT2D eigenvalue weighted by atomic mass is 16.6. The quantitative estimate of drug-likeness (QED) is 0.638. The lowest BCUT2D eigenvalue weighted by Crippen LogP contribution is -2.86. The predicted octanol–water partition coefficient (Wildman–Crippen LogP) is 1.56. The second-order valence-electron chi connectivity index (χ2n) is 6.59. The van der Waals surface area contributed by atoms with E-state index in [9.17, 15) is 9.59 Å². The van der Waals surface area contributed by atoms with E-state index in [1.165, 1.54) is 6.92 Å². The molecule has 0 radical (unpaired) electrons. The van der Waals surface area contributed by atoms with E-state index >= 15 is 0 Å². The van der Waals surface area contributed by atoms with Crippen LogP contribution in [-0.4, -0.2) is 37.0 Å². The Balaban J connectivity index is 1.83. The molecule has 0 aliphatic carbocycles. The average Bonchev–Trinajstić information content (AvgIpc) is 2.54. The largest absolute Gasteiger partial charge is 0.482 e. The number of ether oxygens (including phenoxy) is 2. The zero-order valence-electron chi connectivity index (χ0n) is 14.1. The minimum Gasteiger partial charge on any atom is -0.482 e. The Morgan fingerprint density at radius 3 is 2.35 bits per heavy atom. The van der Waals surface area contributed by atoms with Crippen LogP contribution in [-0.2, 0) is 9.53 Å². The number of carbonyl (C=O) groups is 2. The predicted molar refractivity (Wildman–Crippen MR) is 86.5 cm³/mol. The molecule has 1 aromatic rings. The molecule has 2 rings (SSSR count). The summed E-state index contributed by atoms with van der Waals surface area (Å²) in [5.74, 6) is 0.589. The van der Waals surface area contributed by atoms with Crippen LogP contribution in [0.3, 0.4) is 0 Å². The van der Waals surface area contributed by atoms with Gasteiger partial charge >= 0.3 is 5.97 Å². The fraction of sp³-hybridized carbons (Fsp3) is 0.556. The SMILES string of the molecule is CC(=O)c1ccc(OCC(=O)OC(C)(C)C2CC[NH2+]CC2)cc1. The van der Waals surface area contributed by atoms with Crippen molar-refractivity contribution in [3.8, 4) is 5.75 Å². The van der Waals surface area contributed by atoms with Crippen molar-refractivity contribution in [3.63, 3.8) is 0 Å². The highest BCUT2D eigenvalue weighted by molar-refractivity contribution is 5.94. The van der Waals surface area contributed by atoms with E-state index in [4.69, 9.17) is 9.47 Å². The molecule has 0 bridgehead atoms. The lowest BCUT2D eigenvalue weighted by Gasteiger charge is -2.35. The number of rotatable bonds is 6. The monoisotopic (exact) mass is 320 g/mol. The smallest absolute Gasteiger partial charge is 0.344 e. The van der Waals surface area contributed by atoms with Crippen LogP contribution in [0.25, 0.3) is 0 Å². The van der Waals surface area contributed by atoms with Gasteiger partial charge in [-0.2, -0.15) is 0 Å². The molecule has 1 fully saturated rings. The number of hydrogen-bond acceptors (Lipinski definition) is 4. The van der Waals surface area contributed by atoms with Crippen molar-refractivity contribution in [2.45, 2.75) is 39.2 Å². The Morgan fingerprint density at radius 1 is 1.17 bits per heavy atom. The number of piperidine rings is 1. The summed E-state index contributed by atoms with van der Waals surface area (Å²) in [5, 5.41) is 2.29. The minimum absolute atomic E-state index is 0.00226. The molecule has 126 valence electrons. The first-order chi connectivity index (χ1) is 10.9. The second kappa shape index (κ2) is 7.59. The number of hydrogen-bond donors (Lipinski definition) is 1. The van der Waals surface area contributed by atoms with Crippen LogP contribution in [0, 0.1) is 5.92 Å². The topological polar surface area (TPSA) is 69.2 Å². The van der Waals surface area contributed by atoms with Gasteiger partial charge in [-0.05, 0) is 45.0 Å². The van der Waals surface area contributed by atoms with Crippen molar-refractivity contribution in [1.29, 1.82) is 0 Å². The number of ketones is 1. The summed E-state index contributed by atoms with van der Waals surface area (Å²) < 4.78 is 11.1. The summed E-state index contributed by atoms with van der Waals surface area (Å²) in [6.07, 6.45) is 2.13. The molecular weight excluding hydrogens is 294 g/mol. The summed E-state index contributed by atoms with van der Waals surface area (Å²) in [4.78, 5) is 23.3. The Hall–Kier alpha value is -1.88. The van der Waals surface area contributed by atoms with Crippen LogP contribution < -0.4 is 10.1 Å². The molecule has 0 amide bonds. The van der Waals surface area contributed by atoms with E-state index in [1.807, 2.05) is 13.8 Å². The lowest BCUT2D eigenvalue weighted by atomic mass is 9.83. The average molecular weight is 320 g/mol. The highest BCUT2D eigenvalue weighted by Gasteiger charge is 2.35. The first-order valence-corrected chi connectivity index (χ1v) is 8.16. The van der Waals surface area contributed by atoms with E-state index in [2.05, 4.69) is 5.32 Å². The molecule has 0 aromatic heterocycles. The summed E-state index contributed by atoms with van der Waals surface area (Å²) in [6.45, 7) is 7.51. The highest BCUT2D eigenvalue weighted by Crippen LogP contribution is 2.28. The first-order valence-electron chi connectivity index (χ1n) is 8.16. The van der Waals surface area contributed by atoms with Gasteiger partial charge in [0.2, 0.25) is 0 Å². The molecule has 2 N–H and O–H groups in total. The molecular formula is C18H26NO4+. The molecule has 1 heterocycles. The van der Waals surface area contributed by atoms with Gasteiger partial charge < -0.3 is 14.8 Å². The van der Waals surface area contributed by atoms with Gasteiger partial charge in [0, 0.05) is 24.3 Å². The zero-order chi connectivity index (χ0) is 16.9. The van der Waals surface area contributed by atoms with Gasteiger partial charge in [0.15, 0.2) is 12.4 Å². The normalized spacial score (nSPS) is 16.0. The Bertz CT molecular complexity index is 545. The van der Waals surface area contributed by atoms with Crippen LogP contribution in [0.5, 0.6) is 5.75 Å². The third-order valence-electron chi connectivity index (χ3n) is 4.42. The van der Waals surface area contributed by atoms with Gasteiger partial charge in [0.25, 0.3) is 0 Å². The molecule has 23 heavy (non-hydrogen) atoms. The molecule has 0 spiro atoms. The minimum atomic E-state index is -0.465. The molecule has 0 saturated carbocycles. The van der Waals surface area contributed by atoms with Crippen molar-refractivity contribution in [2.24, 2.45) is 5.92 Å². The summed E-state index contributed by atoms with van der Waals surface area (Å²) in [5.41, 5.74) is 0.155. The number of esters is 1. The van der Waals surface area contributed by atoms with Gasteiger partial charge in [0.1, 0.15) is 11.4 Å². The molecule has 1 aliphatic rings. The fourth-order valence-corrected chi connectivity index (χ4v) is 2.96. The van der Waals surface area contributed by atoms with Crippen LogP contribution in [0.4, 0.5) is 0 Å². The molecule has 0 atom stereocenters. The van der Waals surface area contributed by atoms with Crippen LogP contribution in [0.2, 0.25) is 0 Å². The number of carbonyl (C=O) groups excluding carboxylic acids is 2. The molecule has 1 saturated heterocycles. The van der Waals surface area contributed by atoms with Gasteiger partial charge in [0.05, 0.1) is 13.1 Å². The van der Waals surface area contributed by atoms with Crippen LogP contribution in [0.1, 0.15) is 44.0 Å². The van der Waals surface area contributed by atoms with E-state index in [1.54, 1.807) is 24.3 Å². The molecule has 5 heteroatoms. The zero-order valence-corrected chi connectivity index (χ0v) is 14.1. The maximum Gasteiger partial charge on any atom is 0.344 e. The van der Waals surface area contributed by atoms with Crippen molar-refractivity contribution < 1.29 is 24.4 Å². The van der Waals surface area contributed by atoms with Gasteiger partial charge in [-0.15, -0.1) is 0 Å².